The van der Waals surface area contributed by atoms with Gasteiger partial charge in [-0.15, -0.1) is 11.8 Å². The average molecular weight is 267 g/mol. The van der Waals surface area contributed by atoms with Gasteiger partial charge in [-0.1, -0.05) is 12.8 Å². The highest BCUT2D eigenvalue weighted by Gasteiger charge is 2.16. The average Bonchev–Trinajstić information content (AvgIpc) is 2.89. The molecule has 3 N–H and O–H groups in total. The Morgan fingerprint density at radius 3 is 2.72 bits per heavy atom. The van der Waals surface area contributed by atoms with E-state index in [1.807, 2.05) is 6.07 Å². The molecule has 0 spiro atoms. The van der Waals surface area contributed by atoms with E-state index in [0.717, 1.165) is 16.6 Å². The Labute approximate surface area is 110 Å². The molecule has 0 aliphatic heterocycles. The van der Waals surface area contributed by atoms with Crippen LogP contribution in [-0.4, -0.2) is 10.7 Å². The van der Waals surface area contributed by atoms with E-state index in [1.54, 1.807) is 17.8 Å². The fraction of sp³-hybridized carbons (Fsp3) is 0.500. The molecule has 2 rings (SSSR count). The van der Waals surface area contributed by atoms with Crippen molar-refractivity contribution in [3.8, 4) is 0 Å². The molecule has 0 saturated heterocycles. The third-order valence-corrected chi connectivity index (χ3v) is 4.44. The first-order valence-corrected chi connectivity index (χ1v) is 7.06. The molecule has 0 unspecified atom stereocenters. The maximum Gasteiger partial charge on any atom is 0.272 e. The molecule has 0 radical (unpaired) electrons. The molecule has 1 fully saturated rings. The molecule has 0 heterocycles. The van der Waals surface area contributed by atoms with E-state index in [0.29, 0.717) is 5.69 Å². The van der Waals surface area contributed by atoms with Crippen LogP contribution in [0.2, 0.25) is 0 Å². The van der Waals surface area contributed by atoms with Crippen LogP contribution in [0.1, 0.15) is 25.7 Å². The number of benzene rings is 1. The number of anilines is 1. The van der Waals surface area contributed by atoms with Crippen molar-refractivity contribution in [1.82, 2.24) is 0 Å². The smallest absolute Gasteiger partial charge is 0.272 e. The number of hydrogen-bond acceptors (Lipinski definition) is 5. The van der Waals surface area contributed by atoms with Crippen molar-refractivity contribution in [2.24, 2.45) is 11.8 Å². The lowest BCUT2D eigenvalue weighted by molar-refractivity contribution is -0.385. The Balaban J connectivity index is 2.05. The lowest BCUT2D eigenvalue weighted by Crippen LogP contribution is -2.07. The topological polar surface area (TPSA) is 81.2 Å². The van der Waals surface area contributed by atoms with Gasteiger partial charge in [-0.2, -0.15) is 0 Å². The zero-order valence-electron chi connectivity index (χ0n) is 10.1. The van der Waals surface area contributed by atoms with E-state index in [4.69, 9.17) is 5.84 Å². The van der Waals surface area contributed by atoms with Crippen LogP contribution in [0.3, 0.4) is 0 Å². The molecule has 6 heteroatoms. The first-order chi connectivity index (χ1) is 8.69. The summed E-state index contributed by atoms with van der Waals surface area (Å²) in [5.41, 5.74) is 3.14. The van der Waals surface area contributed by atoms with Crippen molar-refractivity contribution < 1.29 is 4.92 Å². The lowest BCUT2D eigenvalue weighted by atomic mass is 10.1. The number of rotatable bonds is 5. The summed E-state index contributed by atoms with van der Waals surface area (Å²) in [6, 6.07) is 4.91. The Morgan fingerprint density at radius 1 is 1.39 bits per heavy atom. The van der Waals surface area contributed by atoms with E-state index in [2.05, 4.69) is 5.43 Å². The minimum absolute atomic E-state index is 0.0828. The monoisotopic (exact) mass is 267 g/mol. The van der Waals surface area contributed by atoms with Crippen molar-refractivity contribution in [2.45, 2.75) is 30.6 Å². The molecule has 1 aromatic rings. The molecule has 0 atom stereocenters. The molecular weight excluding hydrogens is 250 g/mol. The third-order valence-electron chi connectivity index (χ3n) is 3.23. The Hall–Kier alpha value is -1.27. The molecule has 1 aliphatic rings. The van der Waals surface area contributed by atoms with Gasteiger partial charge in [-0.3, -0.25) is 16.0 Å². The quantitative estimate of drug-likeness (QED) is 0.370. The normalized spacial score (nSPS) is 15.8. The standard InChI is InChI=1S/C12H17N3O2S/c13-14-10-5-11(15(16)17)7-12(6-10)18-8-9-3-1-2-4-9/h5-7,9,14H,1-4,8,13H2. The van der Waals surface area contributed by atoms with Crippen molar-refractivity contribution >= 4 is 23.1 Å². The fourth-order valence-corrected chi connectivity index (χ4v) is 3.42. The fourth-order valence-electron chi connectivity index (χ4n) is 2.25. The number of nitrogens with zero attached hydrogens (tertiary/aromatic N) is 1. The summed E-state index contributed by atoms with van der Waals surface area (Å²) in [4.78, 5) is 11.3. The molecule has 1 aromatic carbocycles. The SMILES string of the molecule is NNc1cc(SCC2CCCC2)cc([N+](=O)[O-])c1. The number of nitro groups is 1. The highest BCUT2D eigenvalue weighted by atomic mass is 32.2. The zero-order valence-corrected chi connectivity index (χ0v) is 10.9. The maximum absolute atomic E-state index is 10.8. The second-order valence-corrected chi connectivity index (χ2v) is 5.67. The van der Waals surface area contributed by atoms with E-state index >= 15 is 0 Å². The number of nitrogens with two attached hydrogens (primary N) is 1. The van der Waals surface area contributed by atoms with E-state index in [1.165, 1.54) is 31.7 Å². The Bertz CT molecular complexity index is 433. The molecule has 0 amide bonds. The van der Waals surface area contributed by atoms with Gasteiger partial charge in [0.1, 0.15) is 0 Å². The van der Waals surface area contributed by atoms with Gasteiger partial charge >= 0.3 is 0 Å². The van der Waals surface area contributed by atoms with Crippen molar-refractivity contribution in [3.63, 3.8) is 0 Å². The minimum atomic E-state index is -0.388. The van der Waals surface area contributed by atoms with Crippen LogP contribution >= 0.6 is 11.8 Å². The Morgan fingerprint density at radius 2 is 2.11 bits per heavy atom. The first-order valence-electron chi connectivity index (χ1n) is 6.08. The highest BCUT2D eigenvalue weighted by molar-refractivity contribution is 7.99. The lowest BCUT2D eigenvalue weighted by Gasteiger charge is -2.09. The van der Waals surface area contributed by atoms with Gasteiger partial charge in [0, 0.05) is 22.8 Å². The van der Waals surface area contributed by atoms with Crippen LogP contribution in [0.5, 0.6) is 0 Å². The van der Waals surface area contributed by atoms with Crippen molar-refractivity contribution in [1.29, 1.82) is 0 Å². The van der Waals surface area contributed by atoms with E-state index in [9.17, 15) is 10.1 Å². The molecule has 0 aromatic heterocycles. The molecule has 1 aliphatic carbocycles. The van der Waals surface area contributed by atoms with Crippen LogP contribution in [0.15, 0.2) is 23.1 Å². The van der Waals surface area contributed by atoms with Crippen LogP contribution in [0.25, 0.3) is 0 Å². The van der Waals surface area contributed by atoms with Crippen LogP contribution in [-0.2, 0) is 0 Å². The molecular formula is C12H17N3O2S. The van der Waals surface area contributed by atoms with Gasteiger partial charge in [-0.25, -0.2) is 0 Å². The number of hydrazine groups is 1. The predicted octanol–water partition coefficient (Wildman–Crippen LogP) is 3.16. The molecule has 1 saturated carbocycles. The van der Waals surface area contributed by atoms with Gasteiger partial charge in [0.25, 0.3) is 5.69 Å². The minimum Gasteiger partial charge on any atom is -0.324 e. The number of nitrogens with one attached hydrogen (secondary N) is 1. The van der Waals surface area contributed by atoms with E-state index in [-0.39, 0.29) is 10.6 Å². The summed E-state index contributed by atoms with van der Waals surface area (Å²) >= 11 is 1.68. The summed E-state index contributed by atoms with van der Waals surface area (Å²) in [5, 5.41) is 10.8. The highest BCUT2D eigenvalue weighted by Crippen LogP contribution is 2.33. The van der Waals surface area contributed by atoms with Gasteiger partial charge in [0.15, 0.2) is 0 Å². The first kappa shape index (κ1) is 13.2. The summed E-state index contributed by atoms with van der Waals surface area (Å²) in [6.45, 7) is 0. The maximum atomic E-state index is 10.8. The van der Waals surface area contributed by atoms with Gasteiger partial charge in [0.05, 0.1) is 10.6 Å². The molecule has 98 valence electrons. The molecule has 5 nitrogen and oxygen atoms in total. The van der Waals surface area contributed by atoms with Gasteiger partial charge in [0.2, 0.25) is 0 Å². The third kappa shape index (κ3) is 3.36. The predicted molar refractivity (Wildman–Crippen MR) is 73.6 cm³/mol. The van der Waals surface area contributed by atoms with Crippen molar-refractivity contribution in [3.05, 3.63) is 28.3 Å². The van der Waals surface area contributed by atoms with Crippen molar-refractivity contribution in [2.75, 3.05) is 11.2 Å². The van der Waals surface area contributed by atoms with Crippen LogP contribution in [0.4, 0.5) is 11.4 Å². The number of hydrogen-bond donors (Lipinski definition) is 2. The largest absolute Gasteiger partial charge is 0.324 e. The number of nitro benzene ring substituents is 1. The van der Waals surface area contributed by atoms with Gasteiger partial charge < -0.3 is 5.43 Å². The molecule has 0 bridgehead atoms. The molecule has 18 heavy (non-hydrogen) atoms. The van der Waals surface area contributed by atoms with Gasteiger partial charge in [-0.05, 0) is 24.8 Å². The second-order valence-electron chi connectivity index (χ2n) is 4.58. The van der Waals surface area contributed by atoms with Crippen LogP contribution in [0, 0.1) is 16.0 Å². The number of non-ortho nitro benzene ring substituents is 1. The zero-order chi connectivity index (χ0) is 13.0. The summed E-state index contributed by atoms with van der Waals surface area (Å²) in [5.74, 6) is 7.11. The van der Waals surface area contributed by atoms with Crippen LogP contribution < -0.4 is 11.3 Å². The second kappa shape index (κ2) is 6.06. The summed E-state index contributed by atoms with van der Waals surface area (Å²) in [6.07, 6.45) is 5.19. The number of thioether (sulfide) groups is 1. The number of nitrogen functional groups attached to an aromatic ring is 1. The summed E-state index contributed by atoms with van der Waals surface area (Å²) < 4.78 is 0. The summed E-state index contributed by atoms with van der Waals surface area (Å²) in [7, 11) is 0. The van der Waals surface area contributed by atoms with E-state index < -0.39 is 0 Å². The Kier molecular flexibility index (Phi) is 4.43.